The fraction of sp³-hybridized carbons (Fsp3) is 0.333. The van der Waals surface area contributed by atoms with Gasteiger partial charge < -0.3 is 0 Å². The summed E-state index contributed by atoms with van der Waals surface area (Å²) in [4.78, 5) is 0. The number of rotatable bonds is 5. The molecule has 0 N–H and O–H groups in total. The van der Waals surface area contributed by atoms with Crippen molar-refractivity contribution < 1.29 is 0 Å². The van der Waals surface area contributed by atoms with E-state index >= 15 is 0 Å². The number of nitrogens with zero attached hydrogens (tertiary/aromatic N) is 2. The molecular weight excluding hydrogens is 312 g/mol. The van der Waals surface area contributed by atoms with Gasteiger partial charge in [-0.05, 0) is 38.0 Å². The van der Waals surface area contributed by atoms with Crippen LogP contribution in [-0.2, 0) is 0 Å². The largest absolute Gasteiger partial charge is 0.294 e. The van der Waals surface area contributed by atoms with Crippen molar-refractivity contribution in [1.29, 1.82) is 0 Å². The normalized spacial score (nSPS) is 15.3. The highest BCUT2D eigenvalue weighted by Gasteiger charge is 2.33. The Bertz CT molecular complexity index is 617. The molecule has 1 aliphatic heterocycles. The zero-order chi connectivity index (χ0) is 15.5. The van der Waals surface area contributed by atoms with Crippen LogP contribution in [0.3, 0.4) is 0 Å². The lowest BCUT2D eigenvalue weighted by Gasteiger charge is -2.29. The van der Waals surface area contributed by atoms with Gasteiger partial charge in [0.25, 0.3) is 0 Å². The average molecular weight is 333 g/mol. The third-order valence-corrected chi connectivity index (χ3v) is 5.49. The van der Waals surface area contributed by atoms with Crippen LogP contribution in [0.25, 0.3) is 0 Å². The van der Waals surface area contributed by atoms with Crippen LogP contribution in [-0.4, -0.2) is 11.9 Å². The molecule has 0 saturated heterocycles. The Balaban J connectivity index is 1.99. The summed E-state index contributed by atoms with van der Waals surface area (Å²) in [6.07, 6.45) is 0.929. The zero-order valence-corrected chi connectivity index (χ0v) is 14.5. The predicted octanol–water partition coefficient (Wildman–Crippen LogP) is 5.65. The maximum absolute atomic E-state index is 6.10. The molecule has 0 fully saturated rings. The Morgan fingerprint density at radius 2 is 1.50 bits per heavy atom. The summed E-state index contributed by atoms with van der Waals surface area (Å²) in [6.45, 7) is 4.46. The lowest BCUT2D eigenvalue weighted by molar-refractivity contribution is 0.712. The fourth-order valence-electron chi connectivity index (χ4n) is 2.81. The highest BCUT2D eigenvalue weighted by molar-refractivity contribution is 8.02. The number of hydrogen-bond donors (Lipinski definition) is 0. The Morgan fingerprint density at radius 3 is 2.09 bits per heavy atom. The van der Waals surface area contributed by atoms with E-state index in [4.69, 9.17) is 11.6 Å². The minimum absolute atomic E-state index is 0.286. The molecule has 1 aliphatic rings. The van der Waals surface area contributed by atoms with E-state index in [9.17, 15) is 0 Å². The SMILES string of the molecule is CC(C)N1SN(C(CCCl)c2ccccc2)c2ccccc21. The topological polar surface area (TPSA) is 6.48 Å². The van der Waals surface area contributed by atoms with Crippen molar-refractivity contribution in [3.05, 3.63) is 60.2 Å². The minimum Gasteiger partial charge on any atom is -0.294 e. The lowest BCUT2D eigenvalue weighted by Crippen LogP contribution is -2.25. The minimum atomic E-state index is 0.286. The summed E-state index contributed by atoms with van der Waals surface area (Å²) >= 11 is 7.90. The van der Waals surface area contributed by atoms with Crippen molar-refractivity contribution in [2.24, 2.45) is 0 Å². The summed E-state index contributed by atoms with van der Waals surface area (Å²) in [5, 5.41) is 0. The van der Waals surface area contributed by atoms with Crippen molar-refractivity contribution in [3.63, 3.8) is 0 Å². The molecule has 0 bridgehead atoms. The molecule has 1 unspecified atom stereocenters. The van der Waals surface area contributed by atoms with Crippen LogP contribution in [0.1, 0.15) is 31.9 Å². The predicted molar refractivity (Wildman–Crippen MR) is 98.6 cm³/mol. The molecular formula is C18H21ClN2S. The molecule has 0 aliphatic carbocycles. The molecule has 0 aromatic heterocycles. The van der Waals surface area contributed by atoms with Gasteiger partial charge in [-0.3, -0.25) is 8.61 Å². The molecule has 2 nitrogen and oxygen atoms in total. The zero-order valence-electron chi connectivity index (χ0n) is 12.9. The smallest absolute Gasteiger partial charge is 0.0736 e. The number of fused-ring (bicyclic) bond motifs is 1. The molecule has 0 saturated carbocycles. The van der Waals surface area contributed by atoms with Gasteiger partial charge in [-0.1, -0.05) is 42.5 Å². The number of hydrogen-bond acceptors (Lipinski definition) is 3. The third kappa shape index (κ3) is 2.92. The molecule has 116 valence electrons. The van der Waals surface area contributed by atoms with Crippen LogP contribution in [0, 0.1) is 0 Å². The van der Waals surface area contributed by atoms with Gasteiger partial charge in [0.2, 0.25) is 0 Å². The molecule has 2 aromatic carbocycles. The second-order valence-electron chi connectivity index (χ2n) is 5.72. The molecule has 0 amide bonds. The summed E-state index contributed by atoms with van der Waals surface area (Å²) in [7, 11) is 0. The van der Waals surface area contributed by atoms with Crippen LogP contribution in [0.5, 0.6) is 0 Å². The average Bonchev–Trinajstić information content (AvgIpc) is 2.93. The third-order valence-electron chi connectivity index (χ3n) is 3.85. The van der Waals surface area contributed by atoms with Gasteiger partial charge in [-0.25, -0.2) is 0 Å². The van der Waals surface area contributed by atoms with Crippen LogP contribution in [0.2, 0.25) is 0 Å². The quantitative estimate of drug-likeness (QED) is 0.515. The van der Waals surface area contributed by atoms with Crippen molar-refractivity contribution in [2.75, 3.05) is 14.5 Å². The summed E-state index contributed by atoms with van der Waals surface area (Å²) in [5.41, 5.74) is 3.88. The second-order valence-corrected chi connectivity index (χ2v) is 7.05. The molecule has 4 heteroatoms. The monoisotopic (exact) mass is 332 g/mol. The number of halogens is 1. The first kappa shape index (κ1) is 15.6. The first-order valence-corrected chi connectivity index (χ1v) is 8.95. The number of benzene rings is 2. The van der Waals surface area contributed by atoms with E-state index in [0.29, 0.717) is 11.9 Å². The highest BCUT2D eigenvalue weighted by Crippen LogP contribution is 2.50. The molecule has 0 radical (unpaired) electrons. The van der Waals surface area contributed by atoms with Crippen molar-refractivity contribution in [2.45, 2.75) is 32.4 Å². The molecule has 0 spiro atoms. The Kier molecular flexibility index (Phi) is 4.84. The maximum atomic E-state index is 6.10. The molecule has 22 heavy (non-hydrogen) atoms. The van der Waals surface area contributed by atoms with Crippen LogP contribution >= 0.6 is 23.7 Å². The Labute approximate surface area is 142 Å². The van der Waals surface area contributed by atoms with E-state index in [-0.39, 0.29) is 6.04 Å². The van der Waals surface area contributed by atoms with Gasteiger partial charge in [0, 0.05) is 11.9 Å². The van der Waals surface area contributed by atoms with Crippen LogP contribution in [0.15, 0.2) is 54.6 Å². The fourth-order valence-corrected chi connectivity index (χ4v) is 4.23. The van der Waals surface area contributed by atoms with Crippen LogP contribution < -0.4 is 8.61 Å². The van der Waals surface area contributed by atoms with E-state index in [1.807, 2.05) is 0 Å². The van der Waals surface area contributed by atoms with Gasteiger partial charge >= 0.3 is 0 Å². The number of alkyl halides is 1. The molecule has 1 heterocycles. The van der Waals surface area contributed by atoms with Crippen molar-refractivity contribution in [1.82, 2.24) is 0 Å². The molecule has 1 atom stereocenters. The van der Waals surface area contributed by atoms with Gasteiger partial charge in [-0.15, -0.1) is 11.6 Å². The van der Waals surface area contributed by atoms with Crippen molar-refractivity contribution >= 4 is 35.1 Å². The first-order valence-electron chi connectivity index (χ1n) is 7.69. The van der Waals surface area contributed by atoms with Gasteiger partial charge in [-0.2, -0.15) is 0 Å². The van der Waals surface area contributed by atoms with E-state index < -0.39 is 0 Å². The highest BCUT2D eigenvalue weighted by atomic mass is 35.5. The molecule has 3 rings (SSSR count). The van der Waals surface area contributed by atoms with E-state index in [1.165, 1.54) is 16.9 Å². The van der Waals surface area contributed by atoms with Crippen LogP contribution in [0.4, 0.5) is 11.4 Å². The maximum Gasteiger partial charge on any atom is 0.0736 e. The van der Waals surface area contributed by atoms with Gasteiger partial charge in [0.15, 0.2) is 0 Å². The summed E-state index contributed by atoms with van der Waals surface area (Å²) in [5.74, 6) is 0.653. The van der Waals surface area contributed by atoms with E-state index in [2.05, 4.69) is 77.1 Å². The van der Waals surface area contributed by atoms with Crippen molar-refractivity contribution in [3.8, 4) is 0 Å². The second kappa shape index (κ2) is 6.84. The Hall–Kier alpha value is -1.32. The van der Waals surface area contributed by atoms with E-state index in [1.54, 1.807) is 12.1 Å². The van der Waals surface area contributed by atoms with E-state index in [0.717, 1.165) is 6.42 Å². The summed E-state index contributed by atoms with van der Waals surface area (Å²) < 4.78 is 4.78. The number of anilines is 2. The lowest BCUT2D eigenvalue weighted by atomic mass is 10.0. The van der Waals surface area contributed by atoms with Gasteiger partial charge in [0.05, 0.1) is 29.6 Å². The first-order chi connectivity index (χ1) is 10.7. The molecule has 2 aromatic rings. The standard InChI is InChI=1S/C18H21ClN2S/c1-14(2)20-17-10-6-7-11-18(17)21(22-20)16(12-13-19)15-8-4-3-5-9-15/h3-11,14,16H,12-13H2,1-2H3. The summed E-state index contributed by atoms with van der Waals surface area (Å²) in [6, 6.07) is 20.0. The number of para-hydroxylation sites is 2. The Morgan fingerprint density at radius 1 is 0.909 bits per heavy atom. The van der Waals surface area contributed by atoms with Gasteiger partial charge in [0.1, 0.15) is 0 Å².